The van der Waals surface area contributed by atoms with Crippen LogP contribution >= 0.6 is 0 Å². The Morgan fingerprint density at radius 2 is 1.95 bits per heavy atom. The van der Waals surface area contributed by atoms with Crippen molar-refractivity contribution in [2.45, 2.75) is 57.9 Å². The molecule has 1 saturated carbocycles. The Bertz CT molecular complexity index is 689. The van der Waals surface area contributed by atoms with Gasteiger partial charge in [0.1, 0.15) is 5.82 Å². The highest BCUT2D eigenvalue weighted by atomic mass is 16.4. The molecule has 1 fully saturated rings. The monoisotopic (exact) mass is 286 g/mol. The van der Waals surface area contributed by atoms with Crippen LogP contribution in [0.4, 0.5) is 0 Å². The molecule has 0 radical (unpaired) electrons. The van der Waals surface area contributed by atoms with E-state index in [4.69, 9.17) is 4.98 Å². The fourth-order valence-electron chi connectivity index (χ4n) is 3.29. The standard InChI is InChI=1S/C17H22N2O2/c1-17(2,3)16-18-13-9-8-11(15(20)21)10-14(13)19(16)12-6-4-5-7-12/h8-10,12H,4-7H2,1-3H3,(H,20,21). The van der Waals surface area contributed by atoms with Gasteiger partial charge in [-0.05, 0) is 31.0 Å². The average molecular weight is 286 g/mol. The Balaban J connectivity index is 2.26. The first-order chi connectivity index (χ1) is 9.88. The minimum atomic E-state index is -0.881. The zero-order valence-corrected chi connectivity index (χ0v) is 12.9. The van der Waals surface area contributed by atoms with Gasteiger partial charge >= 0.3 is 5.97 Å². The van der Waals surface area contributed by atoms with Crippen LogP contribution < -0.4 is 0 Å². The molecule has 1 N–H and O–H groups in total. The van der Waals surface area contributed by atoms with Gasteiger partial charge in [-0.3, -0.25) is 0 Å². The number of aromatic carboxylic acids is 1. The van der Waals surface area contributed by atoms with Crippen LogP contribution in [-0.4, -0.2) is 20.6 Å². The molecule has 2 aromatic rings. The SMILES string of the molecule is CC(C)(C)c1nc2ccc(C(=O)O)cc2n1C1CCCC1. The van der Waals surface area contributed by atoms with Gasteiger partial charge in [-0.2, -0.15) is 0 Å². The number of fused-ring (bicyclic) bond motifs is 1. The van der Waals surface area contributed by atoms with E-state index in [9.17, 15) is 9.90 Å². The first-order valence-electron chi connectivity index (χ1n) is 7.63. The van der Waals surface area contributed by atoms with Crippen LogP contribution in [0.5, 0.6) is 0 Å². The summed E-state index contributed by atoms with van der Waals surface area (Å²) in [4.78, 5) is 16.1. The number of aromatic nitrogens is 2. The molecule has 4 heteroatoms. The largest absolute Gasteiger partial charge is 0.478 e. The first-order valence-corrected chi connectivity index (χ1v) is 7.63. The lowest BCUT2D eigenvalue weighted by Crippen LogP contribution is -2.21. The summed E-state index contributed by atoms with van der Waals surface area (Å²) in [5.41, 5.74) is 2.15. The van der Waals surface area contributed by atoms with Crippen molar-refractivity contribution in [3.8, 4) is 0 Å². The van der Waals surface area contributed by atoms with E-state index in [1.807, 2.05) is 6.07 Å². The number of hydrogen-bond donors (Lipinski definition) is 1. The van der Waals surface area contributed by atoms with Gasteiger partial charge in [-0.1, -0.05) is 33.6 Å². The summed E-state index contributed by atoms with van der Waals surface area (Å²) in [5.74, 6) is 0.181. The van der Waals surface area contributed by atoms with E-state index in [0.717, 1.165) is 29.7 Å². The number of hydrogen-bond acceptors (Lipinski definition) is 2. The molecule has 3 rings (SSSR count). The van der Waals surface area contributed by atoms with Crippen LogP contribution in [0.25, 0.3) is 11.0 Å². The van der Waals surface area contributed by atoms with Crippen molar-refractivity contribution < 1.29 is 9.90 Å². The highest BCUT2D eigenvalue weighted by Gasteiger charge is 2.28. The number of imidazole rings is 1. The van der Waals surface area contributed by atoms with Crippen molar-refractivity contribution in [2.24, 2.45) is 0 Å². The second-order valence-corrected chi connectivity index (χ2v) is 7.00. The molecular formula is C17H22N2O2. The normalized spacial score (nSPS) is 16.7. The lowest BCUT2D eigenvalue weighted by Gasteiger charge is -2.24. The molecule has 0 unspecified atom stereocenters. The van der Waals surface area contributed by atoms with Crippen molar-refractivity contribution in [1.29, 1.82) is 0 Å². The molecule has 1 heterocycles. The van der Waals surface area contributed by atoms with Crippen LogP contribution in [-0.2, 0) is 5.41 Å². The smallest absolute Gasteiger partial charge is 0.335 e. The molecule has 0 aliphatic heterocycles. The lowest BCUT2D eigenvalue weighted by atomic mass is 9.95. The fraction of sp³-hybridized carbons (Fsp3) is 0.529. The minimum absolute atomic E-state index is 0.0506. The Kier molecular flexibility index (Phi) is 3.27. The molecule has 1 aromatic carbocycles. The van der Waals surface area contributed by atoms with Gasteiger partial charge < -0.3 is 9.67 Å². The zero-order chi connectivity index (χ0) is 15.2. The third-order valence-corrected chi connectivity index (χ3v) is 4.30. The second-order valence-electron chi connectivity index (χ2n) is 7.00. The molecule has 0 amide bonds. The second kappa shape index (κ2) is 4.86. The van der Waals surface area contributed by atoms with Crippen LogP contribution in [0, 0.1) is 0 Å². The van der Waals surface area contributed by atoms with Crippen LogP contribution in [0.3, 0.4) is 0 Å². The number of carboxylic acid groups (broad SMARTS) is 1. The molecule has 0 saturated heterocycles. The topological polar surface area (TPSA) is 55.1 Å². The Morgan fingerprint density at radius 3 is 2.52 bits per heavy atom. The van der Waals surface area contributed by atoms with Crippen LogP contribution in [0.1, 0.15) is 68.7 Å². The maximum Gasteiger partial charge on any atom is 0.335 e. The summed E-state index contributed by atoms with van der Waals surface area (Å²) in [6, 6.07) is 5.70. The van der Waals surface area contributed by atoms with Crippen LogP contribution in [0.15, 0.2) is 18.2 Å². The van der Waals surface area contributed by atoms with E-state index in [1.54, 1.807) is 12.1 Å². The van der Waals surface area contributed by atoms with Gasteiger partial charge in [0.25, 0.3) is 0 Å². The minimum Gasteiger partial charge on any atom is -0.478 e. The Labute approximate surface area is 124 Å². The van der Waals surface area contributed by atoms with E-state index in [-0.39, 0.29) is 5.41 Å². The van der Waals surface area contributed by atoms with Crippen molar-refractivity contribution in [2.75, 3.05) is 0 Å². The molecule has 1 aromatic heterocycles. The number of carboxylic acids is 1. The van der Waals surface area contributed by atoms with Gasteiger partial charge in [-0.15, -0.1) is 0 Å². The molecule has 21 heavy (non-hydrogen) atoms. The fourth-order valence-corrected chi connectivity index (χ4v) is 3.29. The van der Waals surface area contributed by atoms with Gasteiger partial charge in [0.15, 0.2) is 0 Å². The third kappa shape index (κ3) is 2.43. The number of nitrogens with zero attached hydrogens (tertiary/aromatic N) is 2. The van der Waals surface area contributed by atoms with E-state index in [0.29, 0.717) is 11.6 Å². The number of rotatable bonds is 2. The Hall–Kier alpha value is -1.84. The average Bonchev–Trinajstić information content (AvgIpc) is 3.03. The highest BCUT2D eigenvalue weighted by Crippen LogP contribution is 2.37. The summed E-state index contributed by atoms with van der Waals surface area (Å²) in [5, 5.41) is 9.24. The highest BCUT2D eigenvalue weighted by molar-refractivity contribution is 5.92. The van der Waals surface area contributed by atoms with Gasteiger partial charge in [0.05, 0.1) is 16.6 Å². The lowest BCUT2D eigenvalue weighted by molar-refractivity contribution is 0.0697. The molecule has 0 bridgehead atoms. The summed E-state index contributed by atoms with van der Waals surface area (Å²) in [6.07, 6.45) is 4.80. The van der Waals surface area contributed by atoms with Gasteiger partial charge in [-0.25, -0.2) is 9.78 Å². The summed E-state index contributed by atoms with van der Waals surface area (Å²) in [7, 11) is 0. The number of carbonyl (C=O) groups is 1. The van der Waals surface area contributed by atoms with E-state index >= 15 is 0 Å². The molecule has 4 nitrogen and oxygen atoms in total. The van der Waals surface area contributed by atoms with Crippen molar-refractivity contribution in [1.82, 2.24) is 9.55 Å². The van der Waals surface area contributed by atoms with E-state index < -0.39 is 5.97 Å². The van der Waals surface area contributed by atoms with Gasteiger partial charge in [0, 0.05) is 11.5 Å². The zero-order valence-electron chi connectivity index (χ0n) is 12.9. The van der Waals surface area contributed by atoms with Crippen LogP contribution in [0.2, 0.25) is 0 Å². The molecular weight excluding hydrogens is 264 g/mol. The molecule has 112 valence electrons. The quantitative estimate of drug-likeness (QED) is 0.902. The maximum absolute atomic E-state index is 11.3. The maximum atomic E-state index is 11.3. The van der Waals surface area contributed by atoms with E-state index in [2.05, 4.69) is 25.3 Å². The summed E-state index contributed by atoms with van der Waals surface area (Å²) >= 11 is 0. The van der Waals surface area contributed by atoms with Crippen molar-refractivity contribution in [3.05, 3.63) is 29.6 Å². The molecule has 0 spiro atoms. The van der Waals surface area contributed by atoms with Crippen molar-refractivity contribution in [3.63, 3.8) is 0 Å². The van der Waals surface area contributed by atoms with Gasteiger partial charge in [0.2, 0.25) is 0 Å². The molecule has 0 atom stereocenters. The Morgan fingerprint density at radius 1 is 1.29 bits per heavy atom. The predicted molar refractivity (Wildman–Crippen MR) is 82.9 cm³/mol. The van der Waals surface area contributed by atoms with Crippen molar-refractivity contribution >= 4 is 17.0 Å². The van der Waals surface area contributed by atoms with E-state index in [1.165, 1.54) is 12.8 Å². The first kappa shape index (κ1) is 14.1. The summed E-state index contributed by atoms with van der Waals surface area (Å²) < 4.78 is 2.30. The summed E-state index contributed by atoms with van der Waals surface area (Å²) in [6.45, 7) is 6.49. The number of benzene rings is 1. The predicted octanol–water partition coefficient (Wildman–Crippen LogP) is 4.15. The molecule has 1 aliphatic carbocycles. The third-order valence-electron chi connectivity index (χ3n) is 4.30. The molecule has 1 aliphatic rings.